The van der Waals surface area contributed by atoms with Crippen LogP contribution < -0.4 is 0 Å². The molecule has 1 saturated heterocycles. The highest BCUT2D eigenvalue weighted by Crippen LogP contribution is 2.31. The number of sulfone groups is 1. The van der Waals surface area contributed by atoms with Gasteiger partial charge < -0.3 is 0 Å². The van der Waals surface area contributed by atoms with Gasteiger partial charge in [-0.2, -0.15) is 11.3 Å². The molecule has 1 aromatic carbocycles. The van der Waals surface area contributed by atoms with E-state index in [0.29, 0.717) is 13.1 Å². The van der Waals surface area contributed by atoms with E-state index in [1.165, 1.54) is 5.56 Å². The van der Waals surface area contributed by atoms with Crippen LogP contribution in [0.3, 0.4) is 0 Å². The molecule has 112 valence electrons. The first-order valence-corrected chi connectivity index (χ1v) is 9.91. The summed E-state index contributed by atoms with van der Waals surface area (Å²) in [6.45, 7) is 2.05. The Morgan fingerprint density at radius 3 is 2.33 bits per heavy atom. The van der Waals surface area contributed by atoms with Crippen LogP contribution in [0, 0.1) is 0 Å². The molecule has 0 aliphatic carbocycles. The third-order valence-corrected chi connectivity index (χ3v) is 6.52. The molecular weight excluding hydrogens is 326 g/mol. The van der Waals surface area contributed by atoms with E-state index < -0.39 is 9.84 Å². The summed E-state index contributed by atoms with van der Waals surface area (Å²) >= 11 is 7.74. The second kappa shape index (κ2) is 6.08. The fourth-order valence-corrected chi connectivity index (χ4v) is 4.82. The minimum Gasteiger partial charge on any atom is -0.297 e. The van der Waals surface area contributed by atoms with E-state index in [9.17, 15) is 8.42 Å². The van der Waals surface area contributed by atoms with Gasteiger partial charge in [0.1, 0.15) is 0 Å². The number of thiophene rings is 1. The van der Waals surface area contributed by atoms with E-state index in [1.54, 1.807) is 11.3 Å². The molecule has 3 rings (SSSR count). The van der Waals surface area contributed by atoms with Crippen LogP contribution in [-0.4, -0.2) is 37.9 Å². The number of hydrogen-bond acceptors (Lipinski definition) is 4. The summed E-state index contributed by atoms with van der Waals surface area (Å²) in [4.78, 5) is 2.19. The lowest BCUT2D eigenvalue weighted by atomic mass is 10.1. The topological polar surface area (TPSA) is 37.4 Å². The first kappa shape index (κ1) is 15.0. The van der Waals surface area contributed by atoms with Crippen molar-refractivity contribution in [3.05, 3.63) is 45.6 Å². The largest absolute Gasteiger partial charge is 0.297 e. The molecule has 1 aromatic heterocycles. The fraction of sp³-hybridized carbons (Fsp3) is 0.333. The van der Waals surface area contributed by atoms with Crippen molar-refractivity contribution in [3.63, 3.8) is 0 Å². The molecule has 21 heavy (non-hydrogen) atoms. The van der Waals surface area contributed by atoms with Crippen molar-refractivity contribution in [1.82, 2.24) is 4.90 Å². The Morgan fingerprint density at radius 2 is 1.76 bits per heavy atom. The molecule has 0 N–H and O–H groups in total. The lowest BCUT2D eigenvalue weighted by Crippen LogP contribution is -2.39. The summed E-state index contributed by atoms with van der Waals surface area (Å²) in [5.41, 5.74) is 3.38. The molecule has 1 aliphatic heterocycles. The molecule has 2 aromatic rings. The number of rotatable bonds is 3. The minimum atomic E-state index is -2.80. The third kappa shape index (κ3) is 3.66. The van der Waals surface area contributed by atoms with Gasteiger partial charge in [0.05, 0.1) is 16.5 Å². The van der Waals surface area contributed by atoms with Crippen LogP contribution in [0.1, 0.15) is 5.56 Å². The summed E-state index contributed by atoms with van der Waals surface area (Å²) in [6.07, 6.45) is 0. The van der Waals surface area contributed by atoms with Gasteiger partial charge in [0.25, 0.3) is 0 Å². The Morgan fingerprint density at radius 1 is 1.10 bits per heavy atom. The van der Waals surface area contributed by atoms with Gasteiger partial charge in [0.15, 0.2) is 9.84 Å². The lowest BCUT2D eigenvalue weighted by Gasteiger charge is -2.26. The number of nitrogens with zero attached hydrogens (tertiary/aromatic N) is 1. The van der Waals surface area contributed by atoms with Gasteiger partial charge in [-0.05, 0) is 11.1 Å². The van der Waals surface area contributed by atoms with Crippen molar-refractivity contribution in [1.29, 1.82) is 0 Å². The minimum absolute atomic E-state index is 0.273. The number of halogens is 1. The van der Waals surface area contributed by atoms with Crippen molar-refractivity contribution in [2.24, 2.45) is 0 Å². The Labute approximate surface area is 134 Å². The quantitative estimate of drug-likeness (QED) is 0.859. The zero-order chi connectivity index (χ0) is 14.9. The summed E-state index contributed by atoms with van der Waals surface area (Å²) in [5.74, 6) is 0.547. The summed E-state index contributed by atoms with van der Waals surface area (Å²) in [7, 11) is -2.80. The van der Waals surface area contributed by atoms with Crippen molar-refractivity contribution in [2.45, 2.75) is 6.54 Å². The monoisotopic (exact) mass is 341 g/mol. The van der Waals surface area contributed by atoms with Crippen LogP contribution in [0.15, 0.2) is 35.0 Å². The predicted molar refractivity (Wildman–Crippen MR) is 88.7 cm³/mol. The third-order valence-electron chi connectivity index (χ3n) is 3.72. The van der Waals surface area contributed by atoms with E-state index in [0.717, 1.165) is 22.7 Å². The van der Waals surface area contributed by atoms with Gasteiger partial charge in [-0.25, -0.2) is 8.42 Å². The maximum atomic E-state index is 11.4. The first-order valence-electron chi connectivity index (χ1n) is 6.77. The van der Waals surface area contributed by atoms with Gasteiger partial charge in [-0.1, -0.05) is 35.9 Å². The summed E-state index contributed by atoms with van der Waals surface area (Å²) < 4.78 is 22.8. The van der Waals surface area contributed by atoms with Gasteiger partial charge in [0, 0.05) is 36.0 Å². The molecule has 3 nitrogen and oxygen atoms in total. The molecule has 2 heterocycles. The molecule has 0 amide bonds. The normalized spacial score (nSPS) is 18.7. The summed E-state index contributed by atoms with van der Waals surface area (Å²) in [6, 6.07) is 8.33. The van der Waals surface area contributed by atoms with E-state index in [4.69, 9.17) is 11.6 Å². The van der Waals surface area contributed by atoms with Crippen molar-refractivity contribution in [2.75, 3.05) is 24.6 Å². The molecule has 0 saturated carbocycles. The molecule has 1 fully saturated rings. The van der Waals surface area contributed by atoms with Crippen LogP contribution in [0.2, 0.25) is 5.02 Å². The Bertz CT molecular complexity index is 708. The van der Waals surface area contributed by atoms with E-state index in [1.807, 2.05) is 10.8 Å². The molecule has 6 heteroatoms. The lowest BCUT2D eigenvalue weighted by molar-refractivity contribution is 0.287. The van der Waals surface area contributed by atoms with Crippen molar-refractivity contribution in [3.8, 4) is 11.1 Å². The standard InChI is InChI=1S/C15H16ClNO2S2/c16-15-11-20-10-14(15)13-3-1-12(2-4-13)9-17-5-7-21(18,19)8-6-17/h1-4,10-11H,5-9H2. The van der Waals surface area contributed by atoms with Crippen LogP contribution >= 0.6 is 22.9 Å². The second-order valence-electron chi connectivity index (χ2n) is 5.26. The molecule has 0 bridgehead atoms. The average molecular weight is 342 g/mol. The van der Waals surface area contributed by atoms with E-state index >= 15 is 0 Å². The van der Waals surface area contributed by atoms with Crippen LogP contribution in [-0.2, 0) is 16.4 Å². The predicted octanol–water partition coefficient (Wildman–Crippen LogP) is 3.30. The molecule has 1 aliphatic rings. The molecule has 0 unspecified atom stereocenters. The first-order chi connectivity index (χ1) is 10.0. The van der Waals surface area contributed by atoms with Gasteiger partial charge in [0.2, 0.25) is 0 Å². The fourth-order valence-electron chi connectivity index (χ4n) is 2.44. The van der Waals surface area contributed by atoms with Crippen molar-refractivity contribution >= 4 is 32.8 Å². The average Bonchev–Trinajstić information content (AvgIpc) is 2.88. The highest BCUT2D eigenvalue weighted by Gasteiger charge is 2.21. The van der Waals surface area contributed by atoms with Crippen molar-refractivity contribution < 1.29 is 8.42 Å². The highest BCUT2D eigenvalue weighted by molar-refractivity contribution is 7.91. The Balaban J connectivity index is 1.67. The maximum Gasteiger partial charge on any atom is 0.152 e. The Hall–Kier alpha value is -0.880. The zero-order valence-corrected chi connectivity index (χ0v) is 13.8. The van der Waals surface area contributed by atoms with Crippen LogP contribution in [0.25, 0.3) is 11.1 Å². The molecule has 0 atom stereocenters. The van der Waals surface area contributed by atoms with Gasteiger partial charge in [-0.3, -0.25) is 4.90 Å². The maximum absolute atomic E-state index is 11.4. The van der Waals surface area contributed by atoms with Gasteiger partial charge in [-0.15, -0.1) is 0 Å². The van der Waals surface area contributed by atoms with Gasteiger partial charge >= 0.3 is 0 Å². The molecule has 0 radical (unpaired) electrons. The Kier molecular flexibility index (Phi) is 4.36. The van der Waals surface area contributed by atoms with E-state index in [2.05, 4.69) is 29.2 Å². The molecular formula is C15H16ClNO2S2. The molecule has 0 spiro atoms. The van der Waals surface area contributed by atoms with Crippen LogP contribution in [0.4, 0.5) is 0 Å². The van der Waals surface area contributed by atoms with Crippen LogP contribution in [0.5, 0.6) is 0 Å². The zero-order valence-electron chi connectivity index (χ0n) is 11.5. The van der Waals surface area contributed by atoms with E-state index in [-0.39, 0.29) is 11.5 Å². The SMILES string of the molecule is O=S1(=O)CCN(Cc2ccc(-c3cscc3Cl)cc2)CC1. The smallest absolute Gasteiger partial charge is 0.152 e. The number of hydrogen-bond donors (Lipinski definition) is 0. The highest BCUT2D eigenvalue weighted by atomic mass is 35.5. The number of benzene rings is 1. The second-order valence-corrected chi connectivity index (χ2v) is 8.71. The summed E-state index contributed by atoms with van der Waals surface area (Å²) in [5, 5.41) is 4.76.